The lowest BCUT2D eigenvalue weighted by atomic mass is 10.1. The third-order valence-corrected chi connectivity index (χ3v) is 4.35. The van der Waals surface area contributed by atoms with Gasteiger partial charge in [-0.15, -0.1) is 11.8 Å². The molecule has 0 saturated heterocycles. The highest BCUT2D eigenvalue weighted by Crippen LogP contribution is 2.40. The van der Waals surface area contributed by atoms with Gasteiger partial charge in [-0.3, -0.25) is 4.68 Å². The van der Waals surface area contributed by atoms with E-state index in [4.69, 9.17) is 5.73 Å². The van der Waals surface area contributed by atoms with Crippen molar-refractivity contribution in [3.05, 3.63) is 30.1 Å². The molecule has 5 heteroatoms. The number of nitrogens with zero attached hydrogens (tertiary/aromatic N) is 2. The molecule has 1 aromatic carbocycles. The first-order chi connectivity index (χ1) is 8.63. The maximum absolute atomic E-state index is 13.9. The van der Waals surface area contributed by atoms with E-state index in [1.54, 1.807) is 29.6 Å². The van der Waals surface area contributed by atoms with Crippen LogP contribution in [0.4, 0.5) is 10.2 Å². The second kappa shape index (κ2) is 4.31. The van der Waals surface area contributed by atoms with E-state index in [2.05, 4.69) is 5.10 Å². The largest absolute Gasteiger partial charge is 0.384 e. The maximum Gasteiger partial charge on any atom is 0.137 e. The summed E-state index contributed by atoms with van der Waals surface area (Å²) in [6, 6.07) is 7.02. The lowest BCUT2D eigenvalue weighted by Gasteiger charge is -2.03. The number of aryl methyl sites for hydroxylation is 1. The van der Waals surface area contributed by atoms with Crippen LogP contribution < -0.4 is 5.73 Å². The molecule has 2 aromatic rings. The molecule has 0 spiro atoms. The molecule has 1 saturated carbocycles. The summed E-state index contributed by atoms with van der Waals surface area (Å²) in [6.07, 6.45) is 2.39. The van der Waals surface area contributed by atoms with Crippen molar-refractivity contribution in [3.63, 3.8) is 0 Å². The number of rotatable bonds is 3. The molecule has 0 radical (unpaired) electrons. The van der Waals surface area contributed by atoms with E-state index in [1.165, 1.54) is 18.9 Å². The summed E-state index contributed by atoms with van der Waals surface area (Å²) < 4.78 is 15.5. The number of anilines is 1. The van der Waals surface area contributed by atoms with E-state index in [1.807, 2.05) is 12.1 Å². The zero-order valence-corrected chi connectivity index (χ0v) is 10.9. The van der Waals surface area contributed by atoms with Gasteiger partial charge in [0, 0.05) is 28.8 Å². The van der Waals surface area contributed by atoms with Crippen LogP contribution in [0.2, 0.25) is 0 Å². The Morgan fingerprint density at radius 2 is 2.17 bits per heavy atom. The molecular formula is C13H14FN3S. The summed E-state index contributed by atoms with van der Waals surface area (Å²) in [5.41, 5.74) is 7.19. The number of hydrogen-bond acceptors (Lipinski definition) is 3. The normalized spacial score (nSPS) is 15.0. The molecule has 1 aliphatic rings. The van der Waals surface area contributed by atoms with E-state index in [9.17, 15) is 4.39 Å². The lowest BCUT2D eigenvalue weighted by Crippen LogP contribution is -1.96. The van der Waals surface area contributed by atoms with Crippen LogP contribution in [0, 0.1) is 5.82 Å². The van der Waals surface area contributed by atoms with Gasteiger partial charge in [-0.2, -0.15) is 5.10 Å². The molecule has 1 fully saturated rings. The zero-order chi connectivity index (χ0) is 12.7. The minimum Gasteiger partial charge on any atom is -0.384 e. The Morgan fingerprint density at radius 1 is 1.39 bits per heavy atom. The third-order valence-electron chi connectivity index (χ3n) is 2.96. The topological polar surface area (TPSA) is 43.8 Å². The van der Waals surface area contributed by atoms with Crippen LogP contribution in [0.1, 0.15) is 12.8 Å². The van der Waals surface area contributed by atoms with E-state index in [0.717, 1.165) is 10.5 Å². The van der Waals surface area contributed by atoms with Crippen molar-refractivity contribution in [1.82, 2.24) is 9.78 Å². The molecule has 0 atom stereocenters. The van der Waals surface area contributed by atoms with Crippen LogP contribution in [0.15, 0.2) is 29.2 Å². The molecular weight excluding hydrogens is 249 g/mol. The van der Waals surface area contributed by atoms with Gasteiger partial charge in [0.05, 0.1) is 5.69 Å². The summed E-state index contributed by atoms with van der Waals surface area (Å²) >= 11 is 1.62. The van der Waals surface area contributed by atoms with Crippen molar-refractivity contribution in [2.75, 3.05) is 5.73 Å². The van der Waals surface area contributed by atoms with Gasteiger partial charge in [-0.1, -0.05) is 6.07 Å². The average Bonchev–Trinajstić information content (AvgIpc) is 3.08. The first-order valence-corrected chi connectivity index (χ1v) is 6.77. The van der Waals surface area contributed by atoms with Gasteiger partial charge < -0.3 is 5.73 Å². The molecule has 3 rings (SSSR count). The fraction of sp³-hybridized carbons (Fsp3) is 0.308. The van der Waals surface area contributed by atoms with Gasteiger partial charge in [0.15, 0.2) is 0 Å². The number of nitrogen functional groups attached to an aromatic ring is 1. The molecule has 0 amide bonds. The fourth-order valence-corrected chi connectivity index (χ4v) is 2.79. The summed E-state index contributed by atoms with van der Waals surface area (Å²) in [5.74, 6) is 0.399. The average molecular weight is 263 g/mol. The van der Waals surface area contributed by atoms with Gasteiger partial charge in [-0.25, -0.2) is 4.39 Å². The van der Waals surface area contributed by atoms with E-state index in [0.29, 0.717) is 16.8 Å². The highest BCUT2D eigenvalue weighted by molar-refractivity contribution is 8.00. The van der Waals surface area contributed by atoms with Gasteiger partial charge in [0.1, 0.15) is 11.6 Å². The van der Waals surface area contributed by atoms with Crippen molar-refractivity contribution >= 4 is 17.6 Å². The van der Waals surface area contributed by atoms with Crippen LogP contribution in [-0.4, -0.2) is 15.0 Å². The Morgan fingerprint density at radius 3 is 2.72 bits per heavy atom. The van der Waals surface area contributed by atoms with Crippen molar-refractivity contribution in [1.29, 1.82) is 0 Å². The molecule has 1 aliphatic carbocycles. The number of hydrogen-bond donors (Lipinski definition) is 1. The van der Waals surface area contributed by atoms with E-state index >= 15 is 0 Å². The molecule has 1 aromatic heterocycles. The van der Waals surface area contributed by atoms with Crippen LogP contribution in [0.25, 0.3) is 11.3 Å². The highest BCUT2D eigenvalue weighted by atomic mass is 32.2. The van der Waals surface area contributed by atoms with Crippen LogP contribution in [-0.2, 0) is 7.05 Å². The molecule has 2 N–H and O–H groups in total. The molecule has 0 aliphatic heterocycles. The van der Waals surface area contributed by atoms with Crippen molar-refractivity contribution < 1.29 is 4.39 Å². The maximum atomic E-state index is 13.9. The summed E-state index contributed by atoms with van der Waals surface area (Å²) in [4.78, 5) is 0.727. The molecule has 0 unspecified atom stereocenters. The minimum atomic E-state index is -0.173. The van der Waals surface area contributed by atoms with Gasteiger partial charge in [0.25, 0.3) is 0 Å². The van der Waals surface area contributed by atoms with E-state index in [-0.39, 0.29) is 5.82 Å². The number of thioether (sulfide) groups is 1. The number of nitrogens with two attached hydrogens (primary N) is 1. The summed E-state index contributed by atoms with van der Waals surface area (Å²) in [7, 11) is 1.77. The minimum absolute atomic E-state index is 0.173. The van der Waals surface area contributed by atoms with Crippen molar-refractivity contribution in [3.8, 4) is 11.3 Å². The summed E-state index contributed by atoms with van der Waals surface area (Å²) in [5, 5.41) is 4.85. The lowest BCUT2D eigenvalue weighted by molar-refractivity contribution is 0.602. The molecule has 1 heterocycles. The van der Waals surface area contributed by atoms with Gasteiger partial charge in [0.2, 0.25) is 0 Å². The van der Waals surface area contributed by atoms with Crippen LogP contribution >= 0.6 is 11.8 Å². The summed E-state index contributed by atoms with van der Waals surface area (Å²) in [6.45, 7) is 0. The second-order valence-corrected chi connectivity index (χ2v) is 5.88. The van der Waals surface area contributed by atoms with Crippen molar-refractivity contribution in [2.45, 2.75) is 23.0 Å². The third kappa shape index (κ3) is 2.22. The molecule has 94 valence electrons. The number of halogens is 1. The smallest absolute Gasteiger partial charge is 0.137 e. The molecule has 3 nitrogen and oxygen atoms in total. The quantitative estimate of drug-likeness (QED) is 0.925. The standard InChI is InChI=1S/C13H14FN3S/c1-17-13(15)7-11(16-17)8-2-5-12(10(14)6-8)18-9-3-4-9/h2,5-7,9H,3-4,15H2,1H3. The number of benzene rings is 1. The molecule has 18 heavy (non-hydrogen) atoms. The Labute approximate surface area is 109 Å². The predicted octanol–water partition coefficient (Wildman–Crippen LogP) is 3.06. The Bertz CT molecular complexity index is 570. The Hall–Kier alpha value is -1.49. The second-order valence-electron chi connectivity index (χ2n) is 4.54. The van der Waals surface area contributed by atoms with Crippen LogP contribution in [0.5, 0.6) is 0 Å². The number of aromatic nitrogens is 2. The Kier molecular flexibility index (Phi) is 2.78. The SMILES string of the molecule is Cn1nc(-c2ccc(SC3CC3)c(F)c2)cc1N. The molecule has 0 bridgehead atoms. The Balaban J connectivity index is 1.90. The van der Waals surface area contributed by atoms with Gasteiger partial charge >= 0.3 is 0 Å². The first-order valence-electron chi connectivity index (χ1n) is 5.89. The predicted molar refractivity (Wildman–Crippen MR) is 71.9 cm³/mol. The monoisotopic (exact) mass is 263 g/mol. The van der Waals surface area contributed by atoms with Crippen molar-refractivity contribution in [2.24, 2.45) is 7.05 Å². The first kappa shape index (κ1) is 11.6. The van der Waals surface area contributed by atoms with E-state index < -0.39 is 0 Å². The highest BCUT2D eigenvalue weighted by Gasteiger charge is 2.24. The van der Waals surface area contributed by atoms with Crippen LogP contribution in [0.3, 0.4) is 0 Å². The zero-order valence-electron chi connectivity index (χ0n) is 10.1. The van der Waals surface area contributed by atoms with Gasteiger partial charge in [-0.05, 0) is 25.0 Å². The fourth-order valence-electron chi connectivity index (χ4n) is 1.74.